The van der Waals surface area contributed by atoms with E-state index in [1.165, 1.54) is 0 Å². The van der Waals surface area contributed by atoms with Crippen LogP contribution in [0.5, 0.6) is 0 Å². The number of aromatic amines is 2. The molecule has 2 fully saturated rings. The fraction of sp³-hybridized carbons (Fsp3) is 0.308. The predicted octanol–water partition coefficient (Wildman–Crippen LogP) is 10.7. The highest BCUT2D eigenvalue weighted by atomic mass is 16.6. The average Bonchev–Trinajstić information content (AvgIpc) is 3.86. The molecule has 64 heavy (non-hydrogen) atoms. The normalized spacial score (nSPS) is 15.8. The molecule has 0 radical (unpaired) electrons. The monoisotopic (exact) mass is 862 g/mol. The van der Waals surface area contributed by atoms with Gasteiger partial charge in [-0.15, -0.1) is 0 Å². The van der Waals surface area contributed by atoms with Crippen LogP contribution >= 0.6 is 0 Å². The van der Waals surface area contributed by atoms with Crippen molar-refractivity contribution in [3.8, 4) is 22.3 Å². The number of H-pyrrole nitrogens is 2. The van der Waals surface area contributed by atoms with Crippen LogP contribution in [0.2, 0.25) is 0 Å². The number of benzene rings is 4. The zero-order valence-corrected chi connectivity index (χ0v) is 37.5. The van der Waals surface area contributed by atoms with Crippen molar-refractivity contribution >= 4 is 58.0 Å². The zero-order valence-electron chi connectivity index (χ0n) is 37.5. The molecule has 0 aliphatic carbocycles. The summed E-state index contributed by atoms with van der Waals surface area (Å²) >= 11 is 0. The predicted molar refractivity (Wildman–Crippen MR) is 255 cm³/mol. The van der Waals surface area contributed by atoms with Crippen molar-refractivity contribution < 1.29 is 28.7 Å². The minimum atomic E-state index is -0.520. The highest BCUT2D eigenvalue weighted by Crippen LogP contribution is 2.34. The first-order chi connectivity index (χ1) is 30.4. The standard InChI is InChI=1S/2C26H29N3O3/c2*1-26(2,3)32-25(31)29-11-7-8-17(16-29)12-20-15-28-23-21(20)13-19(14-22(23)24(27)30)18-9-5-4-6-10-18/h2*4-6,9-10,12-15,28H,7-8,11,16H2,1-3H3,(H2,27,30)/b17-12+;17-12-. The van der Waals surface area contributed by atoms with Gasteiger partial charge in [0.15, 0.2) is 0 Å². The number of likely N-dealkylation sites (tertiary alicyclic amines) is 2. The number of ether oxygens (including phenoxy) is 2. The van der Waals surface area contributed by atoms with Crippen molar-refractivity contribution in [3.63, 3.8) is 0 Å². The molecule has 2 aromatic heterocycles. The lowest BCUT2D eigenvalue weighted by Gasteiger charge is -2.31. The molecular formula is C52H58N6O6. The quantitative estimate of drug-likeness (QED) is 0.129. The molecule has 332 valence electrons. The third-order valence-corrected chi connectivity index (χ3v) is 11.1. The number of carbonyl (C=O) groups is 4. The van der Waals surface area contributed by atoms with Crippen LogP contribution in [-0.2, 0) is 9.47 Å². The number of hydrogen-bond donors (Lipinski definition) is 4. The van der Waals surface area contributed by atoms with Crippen LogP contribution in [-0.4, -0.2) is 81.1 Å². The van der Waals surface area contributed by atoms with Gasteiger partial charge in [-0.05, 0) is 125 Å². The van der Waals surface area contributed by atoms with E-state index in [0.29, 0.717) is 37.3 Å². The van der Waals surface area contributed by atoms with Gasteiger partial charge in [0.2, 0.25) is 0 Å². The summed E-state index contributed by atoms with van der Waals surface area (Å²) in [4.78, 5) is 59.3. The number of fused-ring (bicyclic) bond motifs is 2. The number of nitrogens with one attached hydrogen (secondary N) is 2. The van der Waals surface area contributed by atoms with E-state index in [2.05, 4.69) is 34.3 Å². The van der Waals surface area contributed by atoms with E-state index >= 15 is 0 Å². The topological polar surface area (TPSA) is 177 Å². The summed E-state index contributed by atoms with van der Waals surface area (Å²) in [6, 6.07) is 27.7. The Kier molecular flexibility index (Phi) is 13.2. The lowest BCUT2D eigenvalue weighted by Crippen LogP contribution is -2.40. The maximum atomic E-state index is 12.5. The van der Waals surface area contributed by atoms with Gasteiger partial charge in [-0.1, -0.05) is 84.0 Å². The number of amides is 4. The first-order valence-corrected chi connectivity index (χ1v) is 21.8. The molecule has 2 aliphatic heterocycles. The second-order valence-electron chi connectivity index (χ2n) is 18.5. The van der Waals surface area contributed by atoms with E-state index in [-0.39, 0.29) is 12.2 Å². The molecule has 12 nitrogen and oxygen atoms in total. The second kappa shape index (κ2) is 18.7. The maximum Gasteiger partial charge on any atom is 0.410 e. The molecule has 4 aromatic carbocycles. The van der Waals surface area contributed by atoms with Crippen LogP contribution in [0.3, 0.4) is 0 Å². The largest absolute Gasteiger partial charge is 0.444 e. The van der Waals surface area contributed by atoms with Crippen LogP contribution in [0.1, 0.15) is 99.1 Å². The molecule has 6 N–H and O–H groups in total. The minimum absolute atomic E-state index is 0.288. The van der Waals surface area contributed by atoms with Crippen LogP contribution < -0.4 is 11.5 Å². The number of primary amides is 2. The molecule has 0 unspecified atom stereocenters. The Morgan fingerprint density at radius 2 is 0.938 bits per heavy atom. The Bertz CT molecular complexity index is 2560. The van der Waals surface area contributed by atoms with Gasteiger partial charge in [-0.3, -0.25) is 9.59 Å². The maximum absolute atomic E-state index is 12.5. The number of aromatic nitrogens is 2. The van der Waals surface area contributed by atoms with E-state index in [4.69, 9.17) is 20.9 Å². The van der Waals surface area contributed by atoms with E-state index in [0.717, 1.165) is 92.0 Å². The zero-order chi connectivity index (χ0) is 45.8. The lowest BCUT2D eigenvalue weighted by molar-refractivity contribution is 0.0237. The number of carbonyl (C=O) groups excluding carboxylic acids is 4. The van der Waals surface area contributed by atoms with E-state index in [9.17, 15) is 19.2 Å². The highest BCUT2D eigenvalue weighted by Gasteiger charge is 2.27. The van der Waals surface area contributed by atoms with Gasteiger partial charge in [-0.2, -0.15) is 0 Å². The molecule has 4 heterocycles. The molecule has 8 rings (SSSR count). The molecular weight excluding hydrogens is 805 g/mol. The SMILES string of the molecule is CC(C)(C)OC(=O)N1CCC/C(=C/c2c[nH]c3c(C(N)=O)cc(-c4ccccc4)cc23)C1.CC(C)(C)OC(=O)N1CCC/C(=C\c2c[nH]c3c(C(N)=O)cc(-c4ccccc4)cc23)C1. The van der Waals surface area contributed by atoms with E-state index in [1.807, 2.05) is 127 Å². The molecule has 2 saturated heterocycles. The summed E-state index contributed by atoms with van der Waals surface area (Å²) in [5.74, 6) is -0.940. The number of nitrogens with two attached hydrogens (primary N) is 2. The van der Waals surface area contributed by atoms with E-state index < -0.39 is 23.0 Å². The summed E-state index contributed by atoms with van der Waals surface area (Å²) in [5, 5.41) is 1.86. The fourth-order valence-electron chi connectivity index (χ4n) is 8.17. The van der Waals surface area contributed by atoms with Crippen LogP contribution in [0.4, 0.5) is 9.59 Å². The third-order valence-electron chi connectivity index (χ3n) is 11.1. The van der Waals surface area contributed by atoms with Gasteiger partial charge < -0.3 is 40.7 Å². The van der Waals surface area contributed by atoms with Gasteiger partial charge in [0.1, 0.15) is 11.2 Å². The van der Waals surface area contributed by atoms with Crippen LogP contribution in [0.25, 0.3) is 56.2 Å². The van der Waals surface area contributed by atoms with Gasteiger partial charge in [0.25, 0.3) is 11.8 Å². The number of hydrogen-bond acceptors (Lipinski definition) is 6. The summed E-state index contributed by atoms with van der Waals surface area (Å²) in [6.07, 6.45) is 11.0. The van der Waals surface area contributed by atoms with Crippen LogP contribution in [0.15, 0.2) is 108 Å². The molecule has 2 aliphatic rings. The molecule has 0 saturated carbocycles. The smallest absolute Gasteiger partial charge is 0.410 e. The molecule has 4 amide bonds. The summed E-state index contributed by atoms with van der Waals surface area (Å²) in [7, 11) is 0. The van der Waals surface area contributed by atoms with E-state index in [1.54, 1.807) is 9.80 Å². The Balaban J connectivity index is 0.000000191. The molecule has 0 atom stereocenters. The molecule has 0 bridgehead atoms. The van der Waals surface area contributed by atoms with Gasteiger partial charge >= 0.3 is 12.2 Å². The van der Waals surface area contributed by atoms with Crippen molar-refractivity contribution in [1.82, 2.24) is 19.8 Å². The average molecular weight is 863 g/mol. The number of piperidine rings is 2. The molecule has 0 spiro atoms. The lowest BCUT2D eigenvalue weighted by atomic mass is 9.97. The van der Waals surface area contributed by atoms with Crippen molar-refractivity contribution in [2.24, 2.45) is 11.5 Å². The first kappa shape index (κ1) is 45.0. The van der Waals surface area contributed by atoms with Crippen LogP contribution in [0, 0.1) is 0 Å². The Labute approximate surface area is 374 Å². The minimum Gasteiger partial charge on any atom is -0.444 e. The second-order valence-corrected chi connectivity index (χ2v) is 18.5. The summed E-state index contributed by atoms with van der Waals surface area (Å²) in [5.41, 5.74) is 20.9. The van der Waals surface area contributed by atoms with Gasteiger partial charge in [0, 0.05) is 49.3 Å². The number of rotatable bonds is 6. The fourth-order valence-corrected chi connectivity index (χ4v) is 8.17. The Morgan fingerprint density at radius 3 is 1.28 bits per heavy atom. The number of nitrogens with zero attached hydrogens (tertiary/aromatic N) is 2. The van der Waals surface area contributed by atoms with Crippen molar-refractivity contribution in [1.29, 1.82) is 0 Å². The summed E-state index contributed by atoms with van der Waals surface area (Å²) < 4.78 is 11.1. The Hall–Kier alpha value is -7.08. The first-order valence-electron chi connectivity index (χ1n) is 21.8. The highest BCUT2D eigenvalue weighted by molar-refractivity contribution is 6.10. The molecule has 6 aromatic rings. The third kappa shape index (κ3) is 10.9. The Morgan fingerprint density at radius 1 is 0.562 bits per heavy atom. The van der Waals surface area contributed by atoms with Gasteiger partial charge in [0.05, 0.1) is 22.2 Å². The van der Waals surface area contributed by atoms with Gasteiger partial charge in [-0.25, -0.2) is 9.59 Å². The summed E-state index contributed by atoms with van der Waals surface area (Å²) in [6.45, 7) is 13.7. The van der Waals surface area contributed by atoms with Crippen molar-refractivity contribution in [3.05, 3.63) is 131 Å². The van der Waals surface area contributed by atoms with Crippen molar-refractivity contribution in [2.75, 3.05) is 26.2 Å². The van der Waals surface area contributed by atoms with Crippen molar-refractivity contribution in [2.45, 2.75) is 78.4 Å². The molecule has 12 heteroatoms.